The molecule has 4 heteroatoms. The molecule has 1 atom stereocenters. The van der Waals surface area contributed by atoms with Crippen molar-refractivity contribution in [3.05, 3.63) is 24.0 Å². The minimum Gasteiger partial charge on any atom is -0.494 e. The number of halogens is 1. The highest BCUT2D eigenvalue weighted by molar-refractivity contribution is 6.20. The first-order valence-electron chi connectivity index (χ1n) is 5.91. The van der Waals surface area contributed by atoms with Crippen molar-refractivity contribution in [1.82, 2.24) is 9.55 Å². The van der Waals surface area contributed by atoms with Crippen molar-refractivity contribution >= 4 is 22.6 Å². The van der Waals surface area contributed by atoms with Gasteiger partial charge in [-0.05, 0) is 31.9 Å². The Hall–Kier alpha value is -1.22. The van der Waals surface area contributed by atoms with E-state index in [0.29, 0.717) is 6.04 Å². The molecule has 0 spiro atoms. The van der Waals surface area contributed by atoms with Crippen molar-refractivity contribution in [3.63, 3.8) is 0 Å². The number of hydrogen-bond acceptors (Lipinski definition) is 2. The standard InChI is InChI=1S/C13H15ClN2O/c1-8(14)13-15-12-10(16(13)9-6-7-9)4-3-5-11(12)17-2/h3-5,8-9H,6-7H2,1-2H3. The Morgan fingerprint density at radius 1 is 1.47 bits per heavy atom. The number of benzene rings is 1. The Morgan fingerprint density at radius 2 is 2.24 bits per heavy atom. The van der Waals surface area contributed by atoms with Gasteiger partial charge in [0.2, 0.25) is 0 Å². The number of nitrogens with zero attached hydrogens (tertiary/aromatic N) is 2. The van der Waals surface area contributed by atoms with Crippen molar-refractivity contribution in [2.24, 2.45) is 0 Å². The highest BCUT2D eigenvalue weighted by atomic mass is 35.5. The highest BCUT2D eigenvalue weighted by Gasteiger charge is 2.30. The molecule has 1 heterocycles. The fraction of sp³-hybridized carbons (Fsp3) is 0.462. The lowest BCUT2D eigenvalue weighted by Crippen LogP contribution is -2.01. The van der Waals surface area contributed by atoms with Crippen LogP contribution in [0.15, 0.2) is 18.2 Å². The average molecular weight is 251 g/mol. The van der Waals surface area contributed by atoms with Gasteiger partial charge in [-0.2, -0.15) is 0 Å². The zero-order chi connectivity index (χ0) is 12.0. The summed E-state index contributed by atoms with van der Waals surface area (Å²) >= 11 is 6.22. The molecule has 1 aromatic carbocycles. The number of rotatable bonds is 3. The van der Waals surface area contributed by atoms with E-state index in [1.807, 2.05) is 19.1 Å². The third kappa shape index (κ3) is 1.69. The fourth-order valence-electron chi connectivity index (χ4n) is 2.27. The van der Waals surface area contributed by atoms with Gasteiger partial charge in [0, 0.05) is 6.04 Å². The number of imidazole rings is 1. The first-order chi connectivity index (χ1) is 8.22. The number of methoxy groups -OCH3 is 1. The van der Waals surface area contributed by atoms with Gasteiger partial charge in [-0.3, -0.25) is 0 Å². The normalized spacial score (nSPS) is 17.4. The summed E-state index contributed by atoms with van der Waals surface area (Å²) in [6, 6.07) is 6.61. The van der Waals surface area contributed by atoms with E-state index in [0.717, 1.165) is 22.6 Å². The van der Waals surface area contributed by atoms with E-state index < -0.39 is 0 Å². The lowest BCUT2D eigenvalue weighted by molar-refractivity contribution is 0.419. The first-order valence-corrected chi connectivity index (χ1v) is 6.35. The molecule has 0 amide bonds. The second-order valence-electron chi connectivity index (χ2n) is 4.52. The number of ether oxygens (including phenoxy) is 1. The molecule has 17 heavy (non-hydrogen) atoms. The van der Waals surface area contributed by atoms with Crippen LogP contribution >= 0.6 is 11.6 Å². The quantitative estimate of drug-likeness (QED) is 0.777. The predicted octanol–water partition coefficient (Wildman–Crippen LogP) is 3.68. The van der Waals surface area contributed by atoms with E-state index in [-0.39, 0.29) is 5.38 Å². The van der Waals surface area contributed by atoms with E-state index in [2.05, 4.69) is 15.6 Å². The van der Waals surface area contributed by atoms with Crippen LogP contribution in [0.5, 0.6) is 5.75 Å². The van der Waals surface area contributed by atoms with Crippen LogP contribution in [0.3, 0.4) is 0 Å². The minimum absolute atomic E-state index is 0.0762. The number of aromatic nitrogens is 2. The van der Waals surface area contributed by atoms with Crippen molar-refractivity contribution < 1.29 is 4.74 Å². The number of fused-ring (bicyclic) bond motifs is 1. The summed E-state index contributed by atoms with van der Waals surface area (Å²) in [4.78, 5) is 4.65. The molecule has 1 aromatic heterocycles. The second kappa shape index (κ2) is 3.91. The Labute approximate surface area is 105 Å². The summed E-state index contributed by atoms with van der Waals surface area (Å²) in [5.41, 5.74) is 2.05. The molecule has 0 saturated heterocycles. The molecule has 3 rings (SSSR count). The molecule has 2 aromatic rings. The maximum absolute atomic E-state index is 6.22. The van der Waals surface area contributed by atoms with Gasteiger partial charge in [0.15, 0.2) is 0 Å². The number of para-hydroxylation sites is 1. The van der Waals surface area contributed by atoms with E-state index in [1.54, 1.807) is 7.11 Å². The van der Waals surface area contributed by atoms with Crippen molar-refractivity contribution in [3.8, 4) is 5.75 Å². The van der Waals surface area contributed by atoms with Crippen molar-refractivity contribution in [2.45, 2.75) is 31.2 Å². The topological polar surface area (TPSA) is 27.1 Å². The molecule has 1 saturated carbocycles. The summed E-state index contributed by atoms with van der Waals surface area (Å²) in [5, 5.41) is -0.0762. The monoisotopic (exact) mass is 250 g/mol. The molecule has 1 aliphatic rings. The van der Waals surface area contributed by atoms with E-state index >= 15 is 0 Å². The van der Waals surface area contributed by atoms with Crippen LogP contribution in [0.4, 0.5) is 0 Å². The molecule has 0 radical (unpaired) electrons. The van der Waals surface area contributed by atoms with E-state index in [4.69, 9.17) is 16.3 Å². The summed E-state index contributed by atoms with van der Waals surface area (Å²) in [6.07, 6.45) is 2.44. The van der Waals surface area contributed by atoms with Gasteiger partial charge >= 0.3 is 0 Å². The number of hydrogen-bond donors (Lipinski definition) is 0. The fourth-order valence-corrected chi connectivity index (χ4v) is 2.43. The largest absolute Gasteiger partial charge is 0.494 e. The Bertz CT molecular complexity index is 558. The van der Waals surface area contributed by atoms with Gasteiger partial charge < -0.3 is 9.30 Å². The molecule has 90 valence electrons. The van der Waals surface area contributed by atoms with Gasteiger partial charge in [0.25, 0.3) is 0 Å². The lowest BCUT2D eigenvalue weighted by atomic mass is 10.3. The summed E-state index contributed by atoms with van der Waals surface area (Å²) in [7, 11) is 1.68. The van der Waals surface area contributed by atoms with Crippen LogP contribution in [0, 0.1) is 0 Å². The van der Waals surface area contributed by atoms with E-state index in [1.165, 1.54) is 12.8 Å². The maximum atomic E-state index is 6.22. The molecular formula is C13H15ClN2O. The smallest absolute Gasteiger partial charge is 0.146 e. The molecule has 1 aliphatic carbocycles. The van der Waals surface area contributed by atoms with Crippen LogP contribution in [0.2, 0.25) is 0 Å². The van der Waals surface area contributed by atoms with Crippen LogP contribution in [-0.2, 0) is 0 Å². The first kappa shape index (κ1) is 10.9. The Kier molecular flexibility index (Phi) is 2.51. The predicted molar refractivity (Wildman–Crippen MR) is 68.8 cm³/mol. The highest BCUT2D eigenvalue weighted by Crippen LogP contribution is 2.42. The minimum atomic E-state index is -0.0762. The van der Waals surface area contributed by atoms with Gasteiger partial charge in [0.05, 0.1) is 18.0 Å². The molecule has 0 N–H and O–H groups in total. The van der Waals surface area contributed by atoms with Gasteiger partial charge in [0.1, 0.15) is 17.1 Å². The molecular weight excluding hydrogens is 236 g/mol. The molecule has 1 fully saturated rings. The summed E-state index contributed by atoms with van der Waals surface area (Å²) in [5.74, 6) is 1.77. The van der Waals surface area contributed by atoms with E-state index in [9.17, 15) is 0 Å². The SMILES string of the molecule is COc1cccc2c1nc(C(C)Cl)n2C1CC1. The zero-order valence-corrected chi connectivity index (χ0v) is 10.7. The van der Waals surface area contributed by atoms with Gasteiger partial charge in [-0.1, -0.05) is 6.07 Å². The lowest BCUT2D eigenvalue weighted by Gasteiger charge is -2.08. The third-order valence-corrected chi connectivity index (χ3v) is 3.39. The summed E-state index contributed by atoms with van der Waals surface area (Å²) < 4.78 is 7.63. The summed E-state index contributed by atoms with van der Waals surface area (Å²) in [6.45, 7) is 1.97. The van der Waals surface area contributed by atoms with Crippen molar-refractivity contribution in [2.75, 3.05) is 7.11 Å². The van der Waals surface area contributed by atoms with Crippen molar-refractivity contribution in [1.29, 1.82) is 0 Å². The van der Waals surface area contributed by atoms with Gasteiger partial charge in [-0.15, -0.1) is 11.6 Å². The van der Waals surface area contributed by atoms with Gasteiger partial charge in [-0.25, -0.2) is 4.98 Å². The molecule has 0 bridgehead atoms. The van der Waals surface area contributed by atoms with Crippen LogP contribution in [0.25, 0.3) is 11.0 Å². The Morgan fingerprint density at radius 3 is 2.82 bits per heavy atom. The average Bonchev–Trinajstić information content (AvgIpc) is 3.08. The Balaban J connectivity index is 2.29. The van der Waals surface area contributed by atoms with Crippen LogP contribution in [-0.4, -0.2) is 16.7 Å². The molecule has 3 nitrogen and oxygen atoms in total. The maximum Gasteiger partial charge on any atom is 0.146 e. The molecule has 1 unspecified atom stereocenters. The number of alkyl halides is 1. The second-order valence-corrected chi connectivity index (χ2v) is 5.17. The third-order valence-electron chi connectivity index (χ3n) is 3.20. The van der Waals surface area contributed by atoms with Crippen LogP contribution < -0.4 is 4.74 Å². The molecule has 0 aliphatic heterocycles. The van der Waals surface area contributed by atoms with Crippen LogP contribution in [0.1, 0.15) is 37.0 Å². The zero-order valence-electron chi connectivity index (χ0n) is 9.98.